The zero-order valence-corrected chi connectivity index (χ0v) is 16.8. The molecule has 0 N–H and O–H groups in total. The Morgan fingerprint density at radius 1 is 0.808 bits per heavy atom. The molecule has 2 saturated heterocycles. The average molecular weight is 364 g/mol. The Labute approximate surface area is 159 Å². The topological polar surface area (TPSA) is 43.9 Å². The molecule has 1 aliphatic carbocycles. The van der Waals surface area contributed by atoms with Crippen LogP contribution >= 0.6 is 0 Å². The molecule has 2 aliphatic heterocycles. The smallest absolute Gasteiger partial charge is 0.240 e. The van der Waals surface area contributed by atoms with Gasteiger partial charge in [-0.2, -0.15) is 0 Å². The highest BCUT2D eigenvalue weighted by Gasteiger charge is 2.39. The number of rotatable bonds is 5. The van der Waals surface area contributed by atoms with Gasteiger partial charge in [-0.05, 0) is 43.9 Å². The molecule has 0 bridgehead atoms. The number of amides is 2. The molecule has 3 fully saturated rings. The lowest BCUT2D eigenvalue weighted by atomic mass is 9.93. The van der Waals surface area contributed by atoms with E-state index in [1.54, 1.807) is 0 Å². The van der Waals surface area contributed by atoms with Gasteiger partial charge in [-0.1, -0.05) is 26.7 Å². The van der Waals surface area contributed by atoms with Gasteiger partial charge in [0.05, 0.1) is 6.04 Å². The highest BCUT2D eigenvalue weighted by molar-refractivity contribution is 5.82. The number of piperazine rings is 1. The number of nitrogens with zero attached hydrogens (tertiary/aromatic N) is 3. The summed E-state index contributed by atoms with van der Waals surface area (Å²) < 4.78 is 0. The fourth-order valence-corrected chi connectivity index (χ4v) is 4.96. The van der Waals surface area contributed by atoms with Gasteiger partial charge in [0.1, 0.15) is 0 Å². The van der Waals surface area contributed by atoms with Gasteiger partial charge in [-0.15, -0.1) is 0 Å². The van der Waals surface area contributed by atoms with Crippen LogP contribution in [-0.2, 0) is 9.59 Å². The Morgan fingerprint density at radius 3 is 2.00 bits per heavy atom. The largest absolute Gasteiger partial charge is 0.341 e. The van der Waals surface area contributed by atoms with Crippen LogP contribution in [0.5, 0.6) is 0 Å². The molecule has 0 aromatic heterocycles. The lowest BCUT2D eigenvalue weighted by Gasteiger charge is -2.43. The third-order valence-corrected chi connectivity index (χ3v) is 6.41. The summed E-state index contributed by atoms with van der Waals surface area (Å²) in [5.74, 6) is 1.58. The minimum absolute atomic E-state index is 0.0537. The van der Waals surface area contributed by atoms with Crippen LogP contribution < -0.4 is 0 Å². The zero-order valence-electron chi connectivity index (χ0n) is 16.8. The average Bonchev–Trinajstić information content (AvgIpc) is 3.17. The molecule has 3 aliphatic rings. The highest BCUT2D eigenvalue weighted by Crippen LogP contribution is 2.32. The van der Waals surface area contributed by atoms with Crippen LogP contribution in [0, 0.1) is 11.8 Å². The molecule has 0 spiro atoms. The van der Waals surface area contributed by atoms with Gasteiger partial charge in [-0.25, -0.2) is 0 Å². The van der Waals surface area contributed by atoms with E-state index in [1.165, 1.54) is 32.1 Å². The third-order valence-electron chi connectivity index (χ3n) is 6.41. The van der Waals surface area contributed by atoms with Crippen molar-refractivity contribution >= 4 is 11.8 Å². The lowest BCUT2D eigenvalue weighted by molar-refractivity contribution is -0.142. The molecule has 3 rings (SSSR count). The van der Waals surface area contributed by atoms with Crippen LogP contribution in [0.15, 0.2) is 0 Å². The monoisotopic (exact) mass is 363 g/mol. The molecule has 5 heteroatoms. The van der Waals surface area contributed by atoms with E-state index < -0.39 is 0 Å². The Bertz CT molecular complexity index is 474. The molecule has 0 unspecified atom stereocenters. The maximum atomic E-state index is 13.3. The molecule has 148 valence electrons. The molecule has 0 radical (unpaired) electrons. The first-order chi connectivity index (χ1) is 12.6. The standard InChI is InChI=1S/C21H37N3O2/c1-17(2)16-19(25)22-12-14-23(15-13-22)20(18-8-4-5-9-18)21(26)24-10-6-3-7-11-24/h17-18,20H,3-16H2,1-2H3/t20-/m0/s1. The minimum atomic E-state index is 0.0537. The summed E-state index contributed by atoms with van der Waals surface area (Å²) in [5, 5.41) is 0. The number of hydrogen-bond acceptors (Lipinski definition) is 3. The lowest BCUT2D eigenvalue weighted by Crippen LogP contribution is -2.59. The summed E-state index contributed by atoms with van der Waals surface area (Å²) in [5.41, 5.74) is 0. The summed E-state index contributed by atoms with van der Waals surface area (Å²) in [6, 6.07) is 0.0537. The van der Waals surface area contributed by atoms with E-state index in [9.17, 15) is 9.59 Å². The van der Waals surface area contributed by atoms with E-state index in [-0.39, 0.29) is 11.9 Å². The van der Waals surface area contributed by atoms with E-state index in [4.69, 9.17) is 0 Å². The summed E-state index contributed by atoms with van der Waals surface area (Å²) in [6.07, 6.45) is 9.12. The van der Waals surface area contributed by atoms with Gasteiger partial charge in [0.25, 0.3) is 0 Å². The fraction of sp³-hybridized carbons (Fsp3) is 0.905. The summed E-state index contributed by atoms with van der Waals surface area (Å²) >= 11 is 0. The maximum absolute atomic E-state index is 13.3. The van der Waals surface area contributed by atoms with Crippen LogP contribution in [0.2, 0.25) is 0 Å². The summed E-state index contributed by atoms with van der Waals surface area (Å²) in [4.78, 5) is 32.2. The van der Waals surface area contributed by atoms with Crippen LogP contribution in [0.3, 0.4) is 0 Å². The van der Waals surface area contributed by atoms with Crippen molar-refractivity contribution in [2.75, 3.05) is 39.3 Å². The van der Waals surface area contributed by atoms with E-state index >= 15 is 0 Å². The van der Waals surface area contributed by atoms with Crippen molar-refractivity contribution < 1.29 is 9.59 Å². The molecule has 1 saturated carbocycles. The second-order valence-electron chi connectivity index (χ2n) is 8.89. The van der Waals surface area contributed by atoms with Crippen LogP contribution in [-0.4, -0.2) is 71.8 Å². The van der Waals surface area contributed by atoms with Crippen molar-refractivity contribution in [2.45, 2.75) is 71.3 Å². The fourth-order valence-electron chi connectivity index (χ4n) is 4.96. The Kier molecular flexibility index (Phi) is 6.96. The van der Waals surface area contributed by atoms with Gasteiger partial charge >= 0.3 is 0 Å². The summed E-state index contributed by atoms with van der Waals surface area (Å²) in [7, 11) is 0. The van der Waals surface area contributed by atoms with E-state index in [0.29, 0.717) is 24.2 Å². The first-order valence-corrected chi connectivity index (χ1v) is 10.9. The molecule has 0 aromatic carbocycles. The Morgan fingerprint density at radius 2 is 1.42 bits per heavy atom. The van der Waals surface area contributed by atoms with Crippen LogP contribution in [0.4, 0.5) is 0 Å². The van der Waals surface area contributed by atoms with Crippen molar-refractivity contribution in [2.24, 2.45) is 11.8 Å². The van der Waals surface area contributed by atoms with E-state index in [1.807, 2.05) is 4.90 Å². The molecule has 5 nitrogen and oxygen atoms in total. The Balaban J connectivity index is 1.62. The number of carbonyl (C=O) groups is 2. The van der Waals surface area contributed by atoms with E-state index in [0.717, 1.165) is 52.1 Å². The minimum Gasteiger partial charge on any atom is -0.341 e. The molecule has 2 heterocycles. The van der Waals surface area contributed by atoms with E-state index in [2.05, 4.69) is 23.6 Å². The molecular formula is C21H37N3O2. The van der Waals surface area contributed by atoms with Crippen LogP contribution in [0.25, 0.3) is 0 Å². The third kappa shape index (κ3) is 4.79. The molecule has 1 atom stereocenters. The Hall–Kier alpha value is -1.10. The SMILES string of the molecule is CC(C)CC(=O)N1CCN([C@H](C(=O)N2CCCCC2)C2CCCC2)CC1. The summed E-state index contributed by atoms with van der Waals surface area (Å²) in [6.45, 7) is 9.34. The molecule has 2 amide bonds. The first-order valence-electron chi connectivity index (χ1n) is 10.9. The normalized spacial score (nSPS) is 24.3. The van der Waals surface area contributed by atoms with Crippen molar-refractivity contribution in [1.82, 2.24) is 14.7 Å². The van der Waals surface area contributed by atoms with Crippen molar-refractivity contribution in [3.63, 3.8) is 0 Å². The van der Waals surface area contributed by atoms with Gasteiger partial charge in [0.2, 0.25) is 11.8 Å². The maximum Gasteiger partial charge on any atom is 0.240 e. The molecule has 0 aromatic rings. The predicted octanol–water partition coefficient (Wildman–Crippen LogP) is 2.75. The highest BCUT2D eigenvalue weighted by atomic mass is 16.2. The number of carbonyl (C=O) groups excluding carboxylic acids is 2. The van der Waals surface area contributed by atoms with Crippen molar-refractivity contribution in [3.05, 3.63) is 0 Å². The predicted molar refractivity (Wildman–Crippen MR) is 104 cm³/mol. The van der Waals surface area contributed by atoms with Crippen LogP contribution in [0.1, 0.15) is 65.2 Å². The van der Waals surface area contributed by atoms with Gasteiger partial charge in [0, 0.05) is 45.7 Å². The zero-order chi connectivity index (χ0) is 18.5. The molecule has 26 heavy (non-hydrogen) atoms. The molecular weight excluding hydrogens is 326 g/mol. The van der Waals surface area contributed by atoms with Crippen molar-refractivity contribution in [3.8, 4) is 0 Å². The number of likely N-dealkylation sites (tertiary alicyclic amines) is 1. The van der Waals surface area contributed by atoms with Gasteiger partial charge in [-0.3, -0.25) is 14.5 Å². The van der Waals surface area contributed by atoms with Gasteiger partial charge < -0.3 is 9.80 Å². The first kappa shape index (κ1) is 19.7. The second-order valence-corrected chi connectivity index (χ2v) is 8.89. The van der Waals surface area contributed by atoms with Gasteiger partial charge in [0.15, 0.2) is 0 Å². The number of piperidine rings is 1. The van der Waals surface area contributed by atoms with Crippen molar-refractivity contribution in [1.29, 1.82) is 0 Å². The number of hydrogen-bond donors (Lipinski definition) is 0. The second kappa shape index (κ2) is 9.20. The quantitative estimate of drug-likeness (QED) is 0.754.